The summed E-state index contributed by atoms with van der Waals surface area (Å²) in [7, 11) is 0. The van der Waals surface area contributed by atoms with E-state index in [-0.39, 0.29) is 5.91 Å². The predicted octanol–water partition coefficient (Wildman–Crippen LogP) is 3.30. The first-order valence-corrected chi connectivity index (χ1v) is 7.45. The SMILES string of the molecule is CC[C@H](c1ccccc1)N1CCc2cc(C(N)=O)ccc21. The van der Waals surface area contributed by atoms with Gasteiger partial charge in [-0.2, -0.15) is 0 Å². The second-order valence-corrected chi connectivity index (χ2v) is 5.49. The molecule has 0 aromatic heterocycles. The second kappa shape index (κ2) is 5.60. The Morgan fingerprint density at radius 1 is 1.24 bits per heavy atom. The van der Waals surface area contributed by atoms with E-state index in [4.69, 9.17) is 5.73 Å². The highest BCUT2D eigenvalue weighted by Crippen LogP contribution is 2.37. The first-order chi connectivity index (χ1) is 10.2. The first kappa shape index (κ1) is 13.7. The average molecular weight is 280 g/mol. The number of rotatable bonds is 4. The summed E-state index contributed by atoms with van der Waals surface area (Å²) < 4.78 is 0. The fraction of sp³-hybridized carbons (Fsp3) is 0.278. The van der Waals surface area contributed by atoms with Gasteiger partial charge in [0.2, 0.25) is 5.91 Å². The molecule has 1 aliphatic heterocycles. The first-order valence-electron chi connectivity index (χ1n) is 7.45. The Hall–Kier alpha value is -2.29. The van der Waals surface area contributed by atoms with E-state index in [0.29, 0.717) is 11.6 Å². The molecule has 0 radical (unpaired) electrons. The maximum Gasteiger partial charge on any atom is 0.248 e. The molecule has 1 aliphatic rings. The molecule has 1 amide bonds. The molecule has 0 aliphatic carbocycles. The van der Waals surface area contributed by atoms with Gasteiger partial charge in [0.15, 0.2) is 0 Å². The van der Waals surface area contributed by atoms with E-state index in [1.165, 1.54) is 16.8 Å². The van der Waals surface area contributed by atoms with Gasteiger partial charge in [0, 0.05) is 17.8 Å². The molecule has 3 heteroatoms. The van der Waals surface area contributed by atoms with Crippen LogP contribution in [0.15, 0.2) is 48.5 Å². The third kappa shape index (κ3) is 2.51. The van der Waals surface area contributed by atoms with E-state index in [0.717, 1.165) is 19.4 Å². The number of amides is 1. The molecule has 0 unspecified atom stereocenters. The van der Waals surface area contributed by atoms with Crippen molar-refractivity contribution in [2.45, 2.75) is 25.8 Å². The number of primary amides is 1. The highest BCUT2D eigenvalue weighted by atomic mass is 16.1. The molecule has 2 aromatic rings. The van der Waals surface area contributed by atoms with Gasteiger partial charge in [-0.15, -0.1) is 0 Å². The number of carbonyl (C=O) groups excluding carboxylic acids is 1. The van der Waals surface area contributed by atoms with Crippen LogP contribution in [0.4, 0.5) is 5.69 Å². The van der Waals surface area contributed by atoms with Crippen molar-refractivity contribution >= 4 is 11.6 Å². The van der Waals surface area contributed by atoms with Crippen molar-refractivity contribution in [1.82, 2.24) is 0 Å². The largest absolute Gasteiger partial charge is 0.366 e. The Labute approximate surface area is 125 Å². The number of fused-ring (bicyclic) bond motifs is 1. The summed E-state index contributed by atoms with van der Waals surface area (Å²) in [5.74, 6) is -0.355. The lowest BCUT2D eigenvalue weighted by Gasteiger charge is -2.30. The van der Waals surface area contributed by atoms with E-state index in [1.807, 2.05) is 24.3 Å². The van der Waals surface area contributed by atoms with Crippen molar-refractivity contribution in [3.05, 3.63) is 65.2 Å². The molecule has 0 saturated carbocycles. The number of hydrogen-bond donors (Lipinski definition) is 1. The Balaban J connectivity index is 1.94. The summed E-state index contributed by atoms with van der Waals surface area (Å²) in [6, 6.07) is 16.8. The molecule has 21 heavy (non-hydrogen) atoms. The molecule has 3 rings (SSSR count). The van der Waals surface area contributed by atoms with Gasteiger partial charge in [0.05, 0.1) is 6.04 Å². The number of anilines is 1. The highest BCUT2D eigenvalue weighted by Gasteiger charge is 2.26. The van der Waals surface area contributed by atoms with Gasteiger partial charge < -0.3 is 10.6 Å². The van der Waals surface area contributed by atoms with E-state index >= 15 is 0 Å². The van der Waals surface area contributed by atoms with Crippen LogP contribution < -0.4 is 10.6 Å². The van der Waals surface area contributed by atoms with E-state index in [9.17, 15) is 4.79 Å². The molecule has 3 nitrogen and oxygen atoms in total. The minimum absolute atomic E-state index is 0.355. The number of carbonyl (C=O) groups is 1. The van der Waals surface area contributed by atoms with Gasteiger partial charge in [0.1, 0.15) is 0 Å². The van der Waals surface area contributed by atoms with E-state index in [1.54, 1.807) is 0 Å². The Bertz CT molecular complexity index is 652. The fourth-order valence-electron chi connectivity index (χ4n) is 3.22. The van der Waals surface area contributed by atoms with Gasteiger partial charge in [-0.25, -0.2) is 0 Å². The summed E-state index contributed by atoms with van der Waals surface area (Å²) in [4.78, 5) is 13.7. The Morgan fingerprint density at radius 3 is 2.67 bits per heavy atom. The molecule has 2 aromatic carbocycles. The van der Waals surface area contributed by atoms with E-state index < -0.39 is 0 Å². The van der Waals surface area contributed by atoms with Crippen LogP contribution in [-0.2, 0) is 6.42 Å². The lowest BCUT2D eigenvalue weighted by atomic mass is 10.0. The zero-order chi connectivity index (χ0) is 14.8. The lowest BCUT2D eigenvalue weighted by molar-refractivity contribution is 0.1000. The van der Waals surface area contributed by atoms with Crippen LogP contribution in [0.5, 0.6) is 0 Å². The summed E-state index contributed by atoms with van der Waals surface area (Å²) >= 11 is 0. The van der Waals surface area contributed by atoms with Crippen molar-refractivity contribution in [2.75, 3.05) is 11.4 Å². The van der Waals surface area contributed by atoms with Crippen LogP contribution in [0.3, 0.4) is 0 Å². The summed E-state index contributed by atoms with van der Waals surface area (Å²) in [5, 5.41) is 0. The third-order valence-electron chi connectivity index (χ3n) is 4.24. The standard InChI is InChI=1S/C18H20N2O/c1-2-16(13-6-4-3-5-7-13)20-11-10-14-12-15(18(19)21)8-9-17(14)20/h3-9,12,16H,2,10-11H2,1H3,(H2,19,21)/t16-/m1/s1. The molecule has 2 N–H and O–H groups in total. The molecule has 0 bridgehead atoms. The van der Waals surface area contributed by atoms with Crippen LogP contribution in [0.25, 0.3) is 0 Å². The summed E-state index contributed by atoms with van der Waals surface area (Å²) in [5.41, 5.74) is 9.76. The Morgan fingerprint density at radius 2 is 2.00 bits per heavy atom. The normalized spacial score (nSPS) is 14.8. The fourth-order valence-corrected chi connectivity index (χ4v) is 3.22. The van der Waals surface area contributed by atoms with Crippen LogP contribution in [0, 0.1) is 0 Å². The molecular formula is C18H20N2O. The monoisotopic (exact) mass is 280 g/mol. The number of nitrogens with two attached hydrogens (primary N) is 1. The number of benzene rings is 2. The second-order valence-electron chi connectivity index (χ2n) is 5.49. The quantitative estimate of drug-likeness (QED) is 0.934. The minimum Gasteiger partial charge on any atom is -0.366 e. The van der Waals surface area contributed by atoms with Crippen molar-refractivity contribution in [3.8, 4) is 0 Å². The van der Waals surface area contributed by atoms with Gasteiger partial charge in [-0.1, -0.05) is 37.3 Å². The molecule has 1 heterocycles. The van der Waals surface area contributed by atoms with Crippen molar-refractivity contribution in [3.63, 3.8) is 0 Å². The molecule has 0 spiro atoms. The van der Waals surface area contributed by atoms with Crippen LogP contribution >= 0.6 is 0 Å². The average Bonchev–Trinajstić information content (AvgIpc) is 2.92. The molecular weight excluding hydrogens is 260 g/mol. The van der Waals surface area contributed by atoms with Gasteiger partial charge in [-0.05, 0) is 42.2 Å². The van der Waals surface area contributed by atoms with Crippen LogP contribution in [0.1, 0.15) is 40.9 Å². The maximum atomic E-state index is 11.3. The predicted molar refractivity (Wildman–Crippen MR) is 85.5 cm³/mol. The summed E-state index contributed by atoms with van der Waals surface area (Å²) in [6.45, 7) is 3.21. The number of hydrogen-bond acceptors (Lipinski definition) is 2. The molecule has 108 valence electrons. The zero-order valence-corrected chi connectivity index (χ0v) is 12.3. The lowest BCUT2D eigenvalue weighted by Crippen LogP contribution is -2.26. The van der Waals surface area contributed by atoms with Gasteiger partial charge in [0.25, 0.3) is 0 Å². The van der Waals surface area contributed by atoms with E-state index in [2.05, 4.69) is 36.1 Å². The van der Waals surface area contributed by atoms with Gasteiger partial charge in [-0.3, -0.25) is 4.79 Å². The summed E-state index contributed by atoms with van der Waals surface area (Å²) in [6.07, 6.45) is 2.03. The smallest absolute Gasteiger partial charge is 0.248 e. The minimum atomic E-state index is -0.355. The topological polar surface area (TPSA) is 46.3 Å². The molecule has 0 saturated heterocycles. The van der Waals surface area contributed by atoms with Crippen LogP contribution in [0.2, 0.25) is 0 Å². The zero-order valence-electron chi connectivity index (χ0n) is 12.3. The third-order valence-corrected chi connectivity index (χ3v) is 4.24. The van der Waals surface area contributed by atoms with Gasteiger partial charge >= 0.3 is 0 Å². The van der Waals surface area contributed by atoms with Crippen molar-refractivity contribution in [2.24, 2.45) is 5.73 Å². The molecule has 1 atom stereocenters. The van der Waals surface area contributed by atoms with Crippen molar-refractivity contribution < 1.29 is 4.79 Å². The highest BCUT2D eigenvalue weighted by molar-refractivity contribution is 5.93. The number of nitrogens with zero attached hydrogens (tertiary/aromatic N) is 1. The Kier molecular flexibility index (Phi) is 3.65. The van der Waals surface area contributed by atoms with Crippen LogP contribution in [-0.4, -0.2) is 12.5 Å². The molecule has 0 fully saturated rings. The maximum absolute atomic E-state index is 11.3. The van der Waals surface area contributed by atoms with Crippen molar-refractivity contribution in [1.29, 1.82) is 0 Å².